The maximum absolute atomic E-state index is 7.25. The van der Waals surface area contributed by atoms with E-state index in [0.29, 0.717) is 23.7 Å². The number of nitrogens with zero attached hydrogens (tertiary/aromatic N) is 1. The lowest BCUT2D eigenvalue weighted by Crippen LogP contribution is -2.57. The van der Waals surface area contributed by atoms with Crippen molar-refractivity contribution < 1.29 is 9.47 Å². The maximum atomic E-state index is 7.25. The van der Waals surface area contributed by atoms with Gasteiger partial charge in [0, 0.05) is 28.3 Å². The molecule has 0 N–H and O–H groups in total. The molecule has 7 aromatic rings. The lowest BCUT2D eigenvalue weighted by atomic mass is 9.34. The second-order valence-corrected chi connectivity index (χ2v) is 17.7. The molecule has 0 fully saturated rings. The predicted octanol–water partition coefficient (Wildman–Crippen LogP) is 13.6. The first-order valence-electron chi connectivity index (χ1n) is 21.5. The molecule has 0 atom stereocenters. The first-order chi connectivity index (χ1) is 28.6. The molecule has 0 radical (unpaired) electrons. The van der Waals surface area contributed by atoms with Gasteiger partial charge in [0.2, 0.25) is 0 Å². The molecular weight excluding hydrogens is 717 g/mol. The Morgan fingerprint density at radius 2 is 0.763 bits per heavy atom. The van der Waals surface area contributed by atoms with Crippen molar-refractivity contribution in [3.63, 3.8) is 0 Å². The number of fused-ring (bicyclic) bond motifs is 4. The van der Waals surface area contributed by atoms with Crippen molar-refractivity contribution in [3.05, 3.63) is 191 Å². The molecule has 0 saturated carbocycles. The Morgan fingerprint density at radius 1 is 0.407 bits per heavy atom. The van der Waals surface area contributed by atoms with Crippen LogP contribution in [0.15, 0.2) is 152 Å². The second-order valence-electron chi connectivity index (χ2n) is 17.7. The molecule has 59 heavy (non-hydrogen) atoms. The normalized spacial score (nSPS) is 12.7. The molecule has 7 aromatic carbocycles. The van der Waals surface area contributed by atoms with Crippen molar-refractivity contribution in [1.82, 2.24) is 0 Å². The van der Waals surface area contributed by atoms with Crippen LogP contribution in [0.3, 0.4) is 0 Å². The number of ether oxygens (including phenoxy) is 2. The SMILES string of the molecule is CC(C)c1ccc(C(c2ccc(C(C)C)cc2)c2cc(N(c3ccc(C(C)C)cc3)c3ccc(C(C)C)cc3)c3c4c2Oc2ccccc2B4c2ccccc2O3)cc1. The van der Waals surface area contributed by atoms with E-state index in [4.69, 9.17) is 9.47 Å². The summed E-state index contributed by atoms with van der Waals surface area (Å²) in [5, 5.41) is 0. The van der Waals surface area contributed by atoms with Crippen LogP contribution in [-0.4, -0.2) is 6.71 Å². The molecule has 9 rings (SSSR count). The Hall–Kier alpha value is -6.00. The van der Waals surface area contributed by atoms with Crippen molar-refractivity contribution in [2.75, 3.05) is 4.90 Å². The summed E-state index contributed by atoms with van der Waals surface area (Å²) in [6.07, 6.45) is 0. The summed E-state index contributed by atoms with van der Waals surface area (Å²) in [6, 6.07) is 56.2. The fourth-order valence-corrected chi connectivity index (χ4v) is 9.00. The molecule has 0 unspecified atom stereocenters. The zero-order chi connectivity index (χ0) is 40.9. The lowest BCUT2D eigenvalue weighted by Gasteiger charge is -2.38. The standard InChI is InChI=1S/C55H54BNO2/c1-34(2)38-17-21-42(22-18-38)52(43-23-19-39(20-24-43)35(3)4)46-33-49(57(44-29-25-40(26-30-44)36(5)6)45-31-27-41(28-32-45)37(7)8)55-53-54(46)58-50-15-11-9-13-47(50)56(53)48-14-10-12-16-51(48)59-55/h9-37,52H,1-8H3. The Morgan fingerprint density at radius 3 is 1.17 bits per heavy atom. The minimum atomic E-state index is -0.131. The highest BCUT2D eigenvalue weighted by Gasteiger charge is 2.44. The van der Waals surface area contributed by atoms with Crippen molar-refractivity contribution >= 4 is 40.2 Å². The molecule has 2 aliphatic heterocycles. The van der Waals surface area contributed by atoms with Crippen LogP contribution in [0.1, 0.15) is 124 Å². The first-order valence-corrected chi connectivity index (χ1v) is 21.5. The molecule has 2 aliphatic rings. The van der Waals surface area contributed by atoms with Crippen molar-refractivity contribution in [2.24, 2.45) is 0 Å². The molecule has 0 aromatic heterocycles. The van der Waals surface area contributed by atoms with Gasteiger partial charge in [-0.25, -0.2) is 0 Å². The Kier molecular flexibility index (Phi) is 10.2. The van der Waals surface area contributed by atoms with E-state index in [9.17, 15) is 0 Å². The first kappa shape index (κ1) is 38.5. The van der Waals surface area contributed by atoms with Gasteiger partial charge < -0.3 is 14.4 Å². The molecule has 2 heterocycles. The number of benzene rings is 7. The van der Waals surface area contributed by atoms with Gasteiger partial charge in [0.1, 0.15) is 23.0 Å². The van der Waals surface area contributed by atoms with E-state index in [1.54, 1.807) is 0 Å². The number of rotatable bonds is 10. The number of hydrogen-bond acceptors (Lipinski definition) is 3. The number of hydrogen-bond donors (Lipinski definition) is 0. The predicted molar refractivity (Wildman–Crippen MR) is 249 cm³/mol. The van der Waals surface area contributed by atoms with E-state index < -0.39 is 0 Å². The summed E-state index contributed by atoms with van der Waals surface area (Å²) in [5.41, 5.74) is 15.3. The number of para-hydroxylation sites is 2. The molecular formula is C55H54BNO2. The van der Waals surface area contributed by atoms with Gasteiger partial charge in [0.05, 0.1) is 5.69 Å². The highest BCUT2D eigenvalue weighted by Crippen LogP contribution is 2.51. The van der Waals surface area contributed by atoms with E-state index in [0.717, 1.165) is 62.0 Å². The van der Waals surface area contributed by atoms with Crippen molar-refractivity contribution in [2.45, 2.75) is 85.0 Å². The highest BCUT2D eigenvalue weighted by molar-refractivity contribution is 6.98. The average molecular weight is 772 g/mol. The summed E-state index contributed by atoms with van der Waals surface area (Å²) in [4.78, 5) is 2.40. The van der Waals surface area contributed by atoms with E-state index in [1.165, 1.54) is 33.4 Å². The van der Waals surface area contributed by atoms with E-state index in [2.05, 4.69) is 212 Å². The van der Waals surface area contributed by atoms with Gasteiger partial charge in [-0.3, -0.25) is 0 Å². The molecule has 294 valence electrons. The van der Waals surface area contributed by atoms with Gasteiger partial charge in [-0.2, -0.15) is 0 Å². The topological polar surface area (TPSA) is 21.7 Å². The third-order valence-electron chi connectivity index (χ3n) is 12.5. The van der Waals surface area contributed by atoms with Crippen LogP contribution in [0.25, 0.3) is 0 Å². The molecule has 0 bridgehead atoms. The number of anilines is 3. The monoisotopic (exact) mass is 771 g/mol. The van der Waals surface area contributed by atoms with Gasteiger partial charge in [-0.15, -0.1) is 0 Å². The zero-order valence-corrected chi connectivity index (χ0v) is 35.7. The summed E-state index contributed by atoms with van der Waals surface area (Å²) in [7, 11) is 0. The highest BCUT2D eigenvalue weighted by atomic mass is 16.5. The smallest absolute Gasteiger partial charge is 0.260 e. The summed E-state index contributed by atoms with van der Waals surface area (Å²) in [5.74, 6) is 5.02. The lowest BCUT2D eigenvalue weighted by molar-refractivity contribution is 0.460. The van der Waals surface area contributed by atoms with E-state index in [1.807, 2.05) is 0 Å². The Balaban J connectivity index is 1.38. The van der Waals surface area contributed by atoms with Crippen LogP contribution >= 0.6 is 0 Å². The fraction of sp³-hybridized carbons (Fsp3) is 0.236. The van der Waals surface area contributed by atoms with Gasteiger partial charge in [0.25, 0.3) is 6.71 Å². The van der Waals surface area contributed by atoms with Gasteiger partial charge in [-0.05, 0) is 110 Å². The minimum absolute atomic E-state index is 0.0885. The Labute approximate surface area is 351 Å². The molecule has 4 heteroatoms. The summed E-state index contributed by atoms with van der Waals surface area (Å²) >= 11 is 0. The van der Waals surface area contributed by atoms with Crippen LogP contribution in [0, 0.1) is 0 Å². The maximum Gasteiger partial charge on any atom is 0.260 e. The average Bonchev–Trinajstić information content (AvgIpc) is 3.25. The largest absolute Gasteiger partial charge is 0.458 e. The quantitative estimate of drug-likeness (QED) is 0.102. The summed E-state index contributed by atoms with van der Waals surface area (Å²) in [6.45, 7) is 18.0. The van der Waals surface area contributed by atoms with E-state index in [-0.39, 0.29) is 12.6 Å². The van der Waals surface area contributed by atoms with Crippen LogP contribution in [0.5, 0.6) is 23.0 Å². The molecule has 3 nitrogen and oxygen atoms in total. The molecule has 0 spiro atoms. The molecule has 0 amide bonds. The van der Waals surface area contributed by atoms with Crippen molar-refractivity contribution in [3.8, 4) is 23.0 Å². The summed E-state index contributed by atoms with van der Waals surface area (Å²) < 4.78 is 14.5. The molecule has 0 aliphatic carbocycles. The third kappa shape index (κ3) is 7.03. The van der Waals surface area contributed by atoms with E-state index >= 15 is 0 Å². The van der Waals surface area contributed by atoms with Gasteiger partial charge in [-0.1, -0.05) is 165 Å². The van der Waals surface area contributed by atoms with Crippen LogP contribution < -0.4 is 30.8 Å². The third-order valence-corrected chi connectivity index (χ3v) is 12.5. The van der Waals surface area contributed by atoms with Crippen LogP contribution in [-0.2, 0) is 0 Å². The van der Waals surface area contributed by atoms with Gasteiger partial charge >= 0.3 is 0 Å². The Bertz CT molecular complexity index is 2320. The van der Waals surface area contributed by atoms with Gasteiger partial charge in [0.15, 0.2) is 0 Å². The zero-order valence-electron chi connectivity index (χ0n) is 35.7. The molecule has 0 saturated heterocycles. The van der Waals surface area contributed by atoms with Crippen LogP contribution in [0.4, 0.5) is 17.1 Å². The van der Waals surface area contributed by atoms with Crippen molar-refractivity contribution in [1.29, 1.82) is 0 Å². The van der Waals surface area contributed by atoms with Crippen LogP contribution in [0.2, 0.25) is 0 Å². The second kappa shape index (κ2) is 15.6. The fourth-order valence-electron chi connectivity index (χ4n) is 9.00. The minimum Gasteiger partial charge on any atom is -0.458 e.